The van der Waals surface area contributed by atoms with E-state index in [0.29, 0.717) is 0 Å². The topological polar surface area (TPSA) is 66.5 Å². The Kier molecular flexibility index (Phi) is 8.28. The molecule has 0 radical (unpaired) electrons. The van der Waals surface area contributed by atoms with Crippen LogP contribution in [0, 0.1) is 12.3 Å². The molecule has 5 nitrogen and oxygen atoms in total. The number of terminal acetylenes is 1. The molecule has 0 saturated heterocycles. The first-order valence-electron chi connectivity index (χ1n) is 10.8. The molecule has 2 aromatic carbocycles. The monoisotopic (exact) mass is 454 g/mol. The van der Waals surface area contributed by atoms with Crippen LogP contribution >= 0.6 is 0 Å². The molecule has 0 aromatic heterocycles. The van der Waals surface area contributed by atoms with Crippen molar-refractivity contribution < 1.29 is 13.2 Å². The van der Waals surface area contributed by atoms with Crippen LogP contribution < -0.4 is 4.72 Å². The van der Waals surface area contributed by atoms with Crippen molar-refractivity contribution in [3.05, 3.63) is 64.2 Å². The number of sulfonamides is 1. The highest BCUT2D eigenvalue weighted by Crippen LogP contribution is 2.30. The molecule has 172 valence electrons. The van der Waals surface area contributed by atoms with E-state index in [1.807, 2.05) is 65.7 Å². The van der Waals surface area contributed by atoms with Crippen LogP contribution in [0.3, 0.4) is 0 Å². The summed E-state index contributed by atoms with van der Waals surface area (Å²) in [5.74, 6) is 2.41. The van der Waals surface area contributed by atoms with Gasteiger partial charge in [0.05, 0.1) is 11.3 Å². The van der Waals surface area contributed by atoms with Crippen molar-refractivity contribution in [2.75, 3.05) is 14.1 Å². The predicted octanol–water partition coefficient (Wildman–Crippen LogP) is 4.58. The molecule has 1 atom stereocenters. The first kappa shape index (κ1) is 25.6. The van der Waals surface area contributed by atoms with E-state index in [4.69, 9.17) is 6.42 Å². The van der Waals surface area contributed by atoms with E-state index in [2.05, 4.69) is 10.6 Å². The highest BCUT2D eigenvalue weighted by atomic mass is 32.2. The maximum absolute atomic E-state index is 12.8. The zero-order chi connectivity index (χ0) is 24.2. The van der Waals surface area contributed by atoms with Crippen LogP contribution in [0.5, 0.6) is 0 Å². The average molecular weight is 455 g/mol. The molecular weight excluding hydrogens is 420 g/mol. The standard InChI is InChI=1S/C26H34N2O3S/c1-9-20-14-23(17(2)3)25(24(15-20)18(4)5)16-26(29)27-32(30,31)22-12-10-21(11-13-22)19(6)28(7)8/h1,10-15,17-19H,16H2,2-8H3,(H,27,29). The van der Waals surface area contributed by atoms with E-state index in [1.54, 1.807) is 12.1 Å². The van der Waals surface area contributed by atoms with Gasteiger partial charge in [-0.1, -0.05) is 45.7 Å². The van der Waals surface area contributed by atoms with Gasteiger partial charge in [0, 0.05) is 11.6 Å². The maximum atomic E-state index is 12.8. The molecule has 1 amide bonds. The van der Waals surface area contributed by atoms with E-state index in [-0.39, 0.29) is 29.2 Å². The zero-order valence-corrected chi connectivity index (χ0v) is 20.9. The molecule has 0 bridgehead atoms. The Morgan fingerprint density at radius 3 is 1.91 bits per heavy atom. The van der Waals surface area contributed by atoms with Gasteiger partial charge >= 0.3 is 0 Å². The van der Waals surface area contributed by atoms with Crippen LogP contribution in [-0.4, -0.2) is 33.3 Å². The average Bonchev–Trinajstić information content (AvgIpc) is 2.72. The van der Waals surface area contributed by atoms with Gasteiger partial charge in [-0.2, -0.15) is 0 Å². The summed E-state index contributed by atoms with van der Waals surface area (Å²) in [5.41, 5.74) is 4.55. The maximum Gasteiger partial charge on any atom is 0.264 e. The molecule has 2 aromatic rings. The number of benzene rings is 2. The Hall–Kier alpha value is -2.62. The second kappa shape index (κ2) is 10.3. The summed E-state index contributed by atoms with van der Waals surface area (Å²) < 4.78 is 27.9. The van der Waals surface area contributed by atoms with Crippen molar-refractivity contribution in [2.24, 2.45) is 0 Å². The van der Waals surface area contributed by atoms with Crippen molar-refractivity contribution in [3.8, 4) is 12.3 Å². The van der Waals surface area contributed by atoms with Gasteiger partial charge in [0.15, 0.2) is 0 Å². The van der Waals surface area contributed by atoms with Gasteiger partial charge in [-0.15, -0.1) is 6.42 Å². The van der Waals surface area contributed by atoms with E-state index in [9.17, 15) is 13.2 Å². The molecule has 32 heavy (non-hydrogen) atoms. The third kappa shape index (κ3) is 5.99. The second-order valence-corrected chi connectivity index (χ2v) is 10.7. The van der Waals surface area contributed by atoms with E-state index < -0.39 is 15.9 Å². The Labute approximate surface area is 193 Å². The normalized spacial score (nSPS) is 12.8. The molecule has 0 aliphatic carbocycles. The predicted molar refractivity (Wildman–Crippen MR) is 130 cm³/mol. The molecule has 0 heterocycles. The summed E-state index contributed by atoms with van der Waals surface area (Å²) in [6, 6.07) is 10.6. The van der Waals surface area contributed by atoms with Crippen LogP contribution in [0.1, 0.15) is 80.3 Å². The molecule has 0 aliphatic rings. The number of hydrogen-bond acceptors (Lipinski definition) is 4. The third-order valence-electron chi connectivity index (χ3n) is 5.76. The molecule has 1 unspecified atom stereocenters. The Balaban J connectivity index is 2.31. The number of rotatable bonds is 8. The molecule has 6 heteroatoms. The number of carbonyl (C=O) groups excluding carboxylic acids is 1. The highest BCUT2D eigenvalue weighted by Gasteiger charge is 2.22. The van der Waals surface area contributed by atoms with Crippen molar-refractivity contribution >= 4 is 15.9 Å². The summed E-state index contributed by atoms with van der Waals surface area (Å²) in [7, 11) is -0.0452. The molecule has 0 saturated carbocycles. The fourth-order valence-corrected chi connectivity index (χ4v) is 4.65. The van der Waals surface area contributed by atoms with Gasteiger partial charge in [-0.3, -0.25) is 4.79 Å². The van der Waals surface area contributed by atoms with E-state index in [0.717, 1.165) is 27.8 Å². The minimum Gasteiger partial charge on any atom is -0.303 e. The lowest BCUT2D eigenvalue weighted by Crippen LogP contribution is -2.32. The zero-order valence-electron chi connectivity index (χ0n) is 20.1. The summed E-state index contributed by atoms with van der Waals surface area (Å²) in [6.07, 6.45) is 5.59. The minimum atomic E-state index is -3.97. The van der Waals surface area contributed by atoms with E-state index >= 15 is 0 Å². The van der Waals surface area contributed by atoms with Crippen LogP contribution in [0.15, 0.2) is 41.3 Å². The number of nitrogens with zero attached hydrogens (tertiary/aromatic N) is 1. The second-order valence-electron chi connectivity index (χ2n) is 9.00. The molecule has 0 aliphatic heterocycles. The van der Waals surface area contributed by atoms with Gasteiger partial charge in [0.25, 0.3) is 10.0 Å². The highest BCUT2D eigenvalue weighted by molar-refractivity contribution is 7.90. The van der Waals surface area contributed by atoms with Crippen LogP contribution in [-0.2, 0) is 21.2 Å². The van der Waals surface area contributed by atoms with Gasteiger partial charge < -0.3 is 4.90 Å². The fraction of sp³-hybridized carbons (Fsp3) is 0.423. The number of nitrogens with one attached hydrogen (secondary N) is 1. The van der Waals surface area contributed by atoms with E-state index in [1.165, 1.54) is 12.1 Å². The van der Waals surface area contributed by atoms with Crippen LogP contribution in [0.2, 0.25) is 0 Å². The van der Waals surface area contributed by atoms with Crippen molar-refractivity contribution in [1.29, 1.82) is 0 Å². The molecule has 0 spiro atoms. The minimum absolute atomic E-state index is 0.0269. The smallest absolute Gasteiger partial charge is 0.264 e. The first-order chi connectivity index (χ1) is 14.9. The SMILES string of the molecule is C#Cc1cc(C(C)C)c(CC(=O)NS(=O)(=O)c2ccc(C(C)N(C)C)cc2)c(C(C)C)c1. The van der Waals surface area contributed by atoms with Crippen molar-refractivity contribution in [2.45, 2.75) is 63.8 Å². The Morgan fingerprint density at radius 1 is 1.00 bits per heavy atom. The quantitative estimate of drug-likeness (QED) is 0.593. The lowest BCUT2D eigenvalue weighted by Gasteiger charge is -2.21. The first-order valence-corrected chi connectivity index (χ1v) is 12.3. The van der Waals surface area contributed by atoms with Gasteiger partial charge in [-0.05, 0) is 79.4 Å². The fourth-order valence-electron chi connectivity index (χ4n) is 3.66. The molecule has 2 rings (SSSR count). The summed E-state index contributed by atoms with van der Waals surface area (Å²) in [4.78, 5) is 14.9. The van der Waals surface area contributed by atoms with Gasteiger partial charge in [0.1, 0.15) is 0 Å². The number of carbonyl (C=O) groups is 1. The van der Waals surface area contributed by atoms with Crippen LogP contribution in [0.4, 0.5) is 0 Å². The van der Waals surface area contributed by atoms with Crippen molar-refractivity contribution in [3.63, 3.8) is 0 Å². The number of hydrogen-bond donors (Lipinski definition) is 1. The molecule has 1 N–H and O–H groups in total. The summed E-state index contributed by atoms with van der Waals surface area (Å²) >= 11 is 0. The Morgan fingerprint density at radius 2 is 1.50 bits per heavy atom. The lowest BCUT2D eigenvalue weighted by atomic mass is 9.85. The summed E-state index contributed by atoms with van der Waals surface area (Å²) in [6.45, 7) is 10.2. The largest absolute Gasteiger partial charge is 0.303 e. The van der Waals surface area contributed by atoms with Gasteiger partial charge in [-0.25, -0.2) is 13.1 Å². The molecule has 0 fully saturated rings. The Bertz CT molecular complexity index is 1080. The number of amides is 1. The molecular formula is C26H34N2O3S. The lowest BCUT2D eigenvalue weighted by molar-refractivity contribution is -0.118. The van der Waals surface area contributed by atoms with Crippen molar-refractivity contribution in [1.82, 2.24) is 9.62 Å². The van der Waals surface area contributed by atoms with Crippen LogP contribution in [0.25, 0.3) is 0 Å². The third-order valence-corrected chi connectivity index (χ3v) is 7.15. The summed E-state index contributed by atoms with van der Waals surface area (Å²) in [5, 5.41) is 0. The van der Waals surface area contributed by atoms with Gasteiger partial charge in [0.2, 0.25) is 5.91 Å².